The van der Waals surface area contributed by atoms with Crippen molar-refractivity contribution in [2.75, 3.05) is 6.61 Å². The predicted octanol–water partition coefficient (Wildman–Crippen LogP) is 4.03. The largest absolute Gasteiger partial charge is 0.465 e. The molecule has 0 aromatic heterocycles. The minimum absolute atomic E-state index is 0.0202. The second kappa shape index (κ2) is 7.98. The normalized spacial score (nSPS) is 22.4. The van der Waals surface area contributed by atoms with Gasteiger partial charge in [-0.1, -0.05) is 12.1 Å². The van der Waals surface area contributed by atoms with Gasteiger partial charge in [0.05, 0.1) is 6.61 Å². The number of ether oxygens (including phenoxy) is 2. The van der Waals surface area contributed by atoms with Gasteiger partial charge in [-0.2, -0.15) is 8.78 Å². The fraction of sp³-hybridized carbons (Fsp3) is 0.450. The highest BCUT2D eigenvalue weighted by molar-refractivity contribution is 6.08. The van der Waals surface area contributed by atoms with Crippen molar-refractivity contribution < 1.29 is 27.8 Å². The summed E-state index contributed by atoms with van der Waals surface area (Å²) in [5.41, 5.74) is 2.51. The number of hydrogen-bond acceptors (Lipinski definition) is 5. The topological polar surface area (TPSA) is 65.0 Å². The van der Waals surface area contributed by atoms with Gasteiger partial charge in [0, 0.05) is 29.3 Å². The lowest BCUT2D eigenvalue weighted by atomic mass is 9.72. The summed E-state index contributed by atoms with van der Waals surface area (Å²) in [6.07, 6.45) is 1.81. The molecule has 1 heterocycles. The molecule has 7 heteroatoms. The van der Waals surface area contributed by atoms with Crippen molar-refractivity contribution in [3.05, 3.63) is 41.1 Å². The van der Waals surface area contributed by atoms with Crippen molar-refractivity contribution in [2.24, 2.45) is 10.9 Å². The van der Waals surface area contributed by atoms with Crippen LogP contribution in [-0.2, 0) is 14.3 Å². The lowest BCUT2D eigenvalue weighted by Gasteiger charge is -2.34. The van der Waals surface area contributed by atoms with Gasteiger partial charge in [0.25, 0.3) is 0 Å². The Morgan fingerprint density at radius 1 is 1.26 bits per heavy atom. The van der Waals surface area contributed by atoms with E-state index in [0.29, 0.717) is 35.4 Å². The van der Waals surface area contributed by atoms with Gasteiger partial charge in [0.1, 0.15) is 11.7 Å². The maximum Gasteiger partial charge on any atom is 0.387 e. The molecule has 1 aromatic carbocycles. The SMILES string of the molecule is CCOC(=O)C1C(C)=NC2=C(C(=O)CCC2)[C@@H]1c1ccc(OC(F)F)cc1. The second-order valence-electron chi connectivity index (χ2n) is 6.55. The average Bonchev–Trinajstić information content (AvgIpc) is 2.61. The van der Waals surface area contributed by atoms with Gasteiger partial charge in [-0.15, -0.1) is 0 Å². The summed E-state index contributed by atoms with van der Waals surface area (Å²) in [6.45, 7) is 0.776. The van der Waals surface area contributed by atoms with Crippen LogP contribution in [0.5, 0.6) is 5.75 Å². The van der Waals surface area contributed by atoms with E-state index >= 15 is 0 Å². The molecule has 0 spiro atoms. The van der Waals surface area contributed by atoms with Crippen molar-refractivity contribution in [1.29, 1.82) is 0 Å². The number of aliphatic imine (C=N–C) groups is 1. The van der Waals surface area contributed by atoms with Crippen LogP contribution in [0.3, 0.4) is 0 Å². The van der Waals surface area contributed by atoms with E-state index in [1.54, 1.807) is 26.0 Å². The van der Waals surface area contributed by atoms with Crippen LogP contribution in [-0.4, -0.2) is 30.7 Å². The summed E-state index contributed by atoms with van der Waals surface area (Å²) in [5.74, 6) is -1.70. The third-order valence-electron chi connectivity index (χ3n) is 4.84. The van der Waals surface area contributed by atoms with E-state index in [1.165, 1.54) is 12.1 Å². The minimum Gasteiger partial charge on any atom is -0.465 e. The molecule has 0 saturated carbocycles. The summed E-state index contributed by atoms with van der Waals surface area (Å²) in [6, 6.07) is 6.05. The van der Waals surface area contributed by atoms with Gasteiger partial charge in [-0.25, -0.2) is 0 Å². The zero-order chi connectivity index (χ0) is 19.6. The van der Waals surface area contributed by atoms with Gasteiger partial charge >= 0.3 is 12.6 Å². The molecular weight excluding hydrogens is 356 g/mol. The fourth-order valence-corrected chi connectivity index (χ4v) is 3.76. The van der Waals surface area contributed by atoms with Crippen LogP contribution in [0.25, 0.3) is 0 Å². The first-order valence-corrected chi connectivity index (χ1v) is 8.95. The molecule has 1 aliphatic heterocycles. The lowest BCUT2D eigenvalue weighted by molar-refractivity contribution is -0.146. The van der Waals surface area contributed by atoms with Crippen LogP contribution in [0.1, 0.15) is 44.6 Å². The van der Waals surface area contributed by atoms with Crippen LogP contribution in [0.4, 0.5) is 8.78 Å². The molecule has 3 rings (SSSR count). The Hall–Kier alpha value is -2.57. The molecule has 2 atom stereocenters. The van der Waals surface area contributed by atoms with Gasteiger partial charge < -0.3 is 9.47 Å². The van der Waals surface area contributed by atoms with Crippen molar-refractivity contribution in [3.8, 4) is 5.75 Å². The number of carbonyl (C=O) groups excluding carboxylic acids is 2. The Morgan fingerprint density at radius 3 is 2.59 bits per heavy atom. The molecule has 144 valence electrons. The van der Waals surface area contributed by atoms with Gasteiger partial charge in [-0.05, 0) is 44.4 Å². The summed E-state index contributed by atoms with van der Waals surface area (Å²) in [4.78, 5) is 29.8. The Labute approximate surface area is 156 Å². The molecule has 5 nitrogen and oxygen atoms in total. The summed E-state index contributed by atoms with van der Waals surface area (Å²) < 4.78 is 34.4. The number of ketones is 1. The maximum absolute atomic E-state index is 12.7. The van der Waals surface area contributed by atoms with Gasteiger partial charge in [0.15, 0.2) is 5.78 Å². The standard InChI is InChI=1S/C20H21F2NO4/c1-3-26-19(25)16-11(2)23-14-5-4-6-15(24)18(14)17(16)12-7-9-13(10-8-12)27-20(21)22/h7-10,16-17,20H,3-6H2,1-2H3/t16?,17-/m1/s1. The number of hydrogen-bond donors (Lipinski definition) is 0. The van der Waals surface area contributed by atoms with E-state index < -0.39 is 24.4 Å². The molecule has 0 fully saturated rings. The van der Waals surface area contributed by atoms with E-state index in [2.05, 4.69) is 9.73 Å². The Bertz CT molecular complexity index is 799. The molecule has 0 bridgehead atoms. The molecule has 1 aromatic rings. The molecule has 0 radical (unpaired) electrons. The Kier molecular flexibility index (Phi) is 5.68. The lowest BCUT2D eigenvalue weighted by Crippen LogP contribution is -2.37. The highest BCUT2D eigenvalue weighted by Crippen LogP contribution is 2.43. The van der Waals surface area contributed by atoms with E-state index in [-0.39, 0.29) is 18.1 Å². The van der Waals surface area contributed by atoms with E-state index in [9.17, 15) is 18.4 Å². The summed E-state index contributed by atoms with van der Waals surface area (Å²) >= 11 is 0. The average molecular weight is 377 g/mol. The quantitative estimate of drug-likeness (QED) is 0.727. The zero-order valence-electron chi connectivity index (χ0n) is 15.2. The van der Waals surface area contributed by atoms with E-state index in [1.807, 2.05) is 0 Å². The molecular formula is C20H21F2NO4. The number of esters is 1. The van der Waals surface area contributed by atoms with Crippen molar-refractivity contribution in [1.82, 2.24) is 0 Å². The Balaban J connectivity index is 2.05. The highest BCUT2D eigenvalue weighted by Gasteiger charge is 2.43. The molecule has 2 aliphatic rings. The molecule has 27 heavy (non-hydrogen) atoms. The third kappa shape index (κ3) is 3.91. The monoisotopic (exact) mass is 377 g/mol. The molecule has 1 aliphatic carbocycles. The van der Waals surface area contributed by atoms with Gasteiger partial charge in [0.2, 0.25) is 0 Å². The number of nitrogens with zero attached hydrogens (tertiary/aromatic N) is 1. The zero-order valence-corrected chi connectivity index (χ0v) is 15.2. The smallest absolute Gasteiger partial charge is 0.387 e. The maximum atomic E-state index is 12.7. The number of halogens is 2. The first kappa shape index (κ1) is 19.2. The first-order valence-electron chi connectivity index (χ1n) is 8.95. The summed E-state index contributed by atoms with van der Waals surface area (Å²) in [7, 11) is 0. The molecule has 0 saturated heterocycles. The number of allylic oxidation sites excluding steroid dienone is 2. The van der Waals surface area contributed by atoms with Crippen LogP contribution in [0, 0.1) is 5.92 Å². The number of carbonyl (C=O) groups is 2. The molecule has 0 amide bonds. The van der Waals surface area contributed by atoms with Crippen molar-refractivity contribution in [2.45, 2.75) is 45.6 Å². The summed E-state index contributed by atoms with van der Waals surface area (Å²) in [5, 5.41) is 0. The Morgan fingerprint density at radius 2 is 1.96 bits per heavy atom. The van der Waals surface area contributed by atoms with E-state index in [0.717, 1.165) is 6.42 Å². The predicted molar refractivity (Wildman–Crippen MR) is 94.9 cm³/mol. The van der Waals surface area contributed by atoms with Gasteiger partial charge in [-0.3, -0.25) is 14.6 Å². The third-order valence-corrected chi connectivity index (χ3v) is 4.84. The van der Waals surface area contributed by atoms with Crippen LogP contribution < -0.4 is 4.74 Å². The molecule has 1 unspecified atom stereocenters. The van der Waals surface area contributed by atoms with Crippen molar-refractivity contribution in [3.63, 3.8) is 0 Å². The van der Waals surface area contributed by atoms with Crippen LogP contribution in [0.2, 0.25) is 0 Å². The van der Waals surface area contributed by atoms with Crippen LogP contribution >= 0.6 is 0 Å². The number of benzene rings is 1. The molecule has 0 N–H and O–H groups in total. The number of rotatable bonds is 5. The van der Waals surface area contributed by atoms with E-state index in [4.69, 9.17) is 4.74 Å². The fourth-order valence-electron chi connectivity index (χ4n) is 3.76. The first-order chi connectivity index (χ1) is 12.9. The van der Waals surface area contributed by atoms with Crippen molar-refractivity contribution >= 4 is 17.5 Å². The van der Waals surface area contributed by atoms with Crippen LogP contribution in [0.15, 0.2) is 40.5 Å². The number of Topliss-reactive ketones (excluding diaryl/α,β-unsaturated/α-hetero) is 1. The minimum atomic E-state index is -2.92. The second-order valence-corrected chi connectivity index (χ2v) is 6.55. The highest BCUT2D eigenvalue weighted by atomic mass is 19.3. The number of alkyl halides is 2.